The summed E-state index contributed by atoms with van der Waals surface area (Å²) in [7, 11) is -3.30. The van der Waals surface area contributed by atoms with Gasteiger partial charge in [0.25, 0.3) is 0 Å². The summed E-state index contributed by atoms with van der Waals surface area (Å²) in [5.41, 5.74) is 2.10. The quantitative estimate of drug-likeness (QED) is 0.0433. The summed E-state index contributed by atoms with van der Waals surface area (Å²) >= 11 is 0. The minimum Gasteiger partial charge on any atom is -0.456 e. The lowest BCUT2D eigenvalue weighted by Gasteiger charge is -2.56. The number of carbonyl (C=O) groups excluding carboxylic acids is 1. The molecule has 0 unspecified atom stereocenters. The van der Waals surface area contributed by atoms with Crippen LogP contribution < -0.4 is 0 Å². The second-order valence-corrected chi connectivity index (χ2v) is 59.9. The van der Waals surface area contributed by atoms with Crippen LogP contribution in [0.2, 0.25) is 90.7 Å². The van der Waals surface area contributed by atoms with Crippen molar-refractivity contribution in [2.24, 2.45) is 17.8 Å². The van der Waals surface area contributed by atoms with Crippen LogP contribution in [0.1, 0.15) is 219 Å². The largest absolute Gasteiger partial charge is 0.456 e. The van der Waals surface area contributed by atoms with E-state index in [-0.39, 0.29) is 78.8 Å². The van der Waals surface area contributed by atoms with Crippen LogP contribution in [0, 0.1) is 17.8 Å². The molecule has 670 valence electrons. The number of rotatable bonds is 38. The van der Waals surface area contributed by atoms with Gasteiger partial charge in [0.1, 0.15) is 36.6 Å². The van der Waals surface area contributed by atoms with Gasteiger partial charge in [-0.1, -0.05) is 172 Å². The van der Waals surface area contributed by atoms with Crippen molar-refractivity contribution in [1.29, 1.82) is 0 Å². The van der Waals surface area contributed by atoms with E-state index >= 15 is 4.79 Å². The fourth-order valence-corrected chi connectivity index (χ4v) is 31.6. The first-order valence-corrected chi connectivity index (χ1v) is 57.7. The van der Waals surface area contributed by atoms with Gasteiger partial charge in [-0.2, -0.15) is 0 Å². The van der Waals surface area contributed by atoms with Crippen LogP contribution in [0.3, 0.4) is 0 Å². The third-order valence-electron chi connectivity index (χ3n) is 28.1. The lowest BCUT2D eigenvalue weighted by Crippen LogP contribution is -2.68. The second-order valence-electron chi connectivity index (χ2n) is 36.3. The molecule has 5 heterocycles. The van der Waals surface area contributed by atoms with E-state index < -0.39 is 157 Å². The molecule has 25 atom stereocenters. The van der Waals surface area contributed by atoms with Crippen molar-refractivity contribution < 1.29 is 98.7 Å². The van der Waals surface area contributed by atoms with E-state index in [1.54, 1.807) is 34.3 Å². The Hall–Kier alpha value is -1.51. The fourth-order valence-electron chi connectivity index (χ4n) is 18.4. The Morgan fingerprint density at radius 3 is 1.64 bits per heavy atom. The molecule has 26 heteroatoms. The summed E-state index contributed by atoms with van der Waals surface area (Å²) in [4.78, 5) is 15.1. The molecule has 0 bridgehead atoms. The summed E-state index contributed by atoms with van der Waals surface area (Å²) in [6, 6.07) is 11.1. The molecule has 2 N–H and O–H groups in total. The smallest absolute Gasteiger partial charge is 0.334 e. The zero-order valence-electron chi connectivity index (χ0n) is 78.3. The highest BCUT2D eigenvalue weighted by atomic mass is 28.4. The fraction of sp³-hybridized carbons (Fsp3) is 0.876. The van der Waals surface area contributed by atoms with E-state index in [9.17, 15) is 10.2 Å². The highest BCUT2D eigenvalue weighted by Crippen LogP contribution is 2.50. The Bertz CT molecular complexity index is 3010. The molecule has 0 aromatic rings. The number of ether oxygens (including phenoxy) is 13. The lowest BCUT2D eigenvalue weighted by atomic mass is 9.76. The number of aliphatic hydroxyl groups excluding tert-OH is 2. The number of esters is 1. The first-order chi connectivity index (χ1) is 54.1. The van der Waals surface area contributed by atoms with Crippen LogP contribution in [0.5, 0.6) is 0 Å². The molecule has 0 amide bonds. The van der Waals surface area contributed by atoms with Gasteiger partial charge in [-0.15, -0.1) is 0 Å². The minimum absolute atomic E-state index is 0.00683. The number of cyclic esters (lactones) is 1. The van der Waals surface area contributed by atoms with E-state index in [1.165, 1.54) is 14.2 Å². The molecule has 0 aliphatic carbocycles. The van der Waals surface area contributed by atoms with Crippen LogP contribution in [0.4, 0.5) is 0 Å². The van der Waals surface area contributed by atoms with Crippen molar-refractivity contribution in [2.75, 3.05) is 42.2 Å². The normalized spacial score (nSPS) is 36.8. The lowest BCUT2D eigenvalue weighted by molar-refractivity contribution is -0.372. The van der Waals surface area contributed by atoms with Crippen molar-refractivity contribution in [3.05, 3.63) is 58.7 Å². The van der Waals surface area contributed by atoms with Crippen molar-refractivity contribution >= 4 is 47.6 Å². The molecular formula is C89H168O21Si5. The molecule has 0 aromatic carbocycles. The first kappa shape index (κ1) is 104. The molecule has 21 nitrogen and oxygen atoms in total. The summed E-state index contributed by atoms with van der Waals surface area (Å²) < 4.78 is 126. The molecule has 5 rings (SSSR count). The van der Waals surface area contributed by atoms with Crippen LogP contribution in [-0.2, 0) is 88.5 Å². The average Bonchev–Trinajstić information content (AvgIpc) is 0.750. The maximum atomic E-state index is 15.1. The molecule has 0 radical (unpaired) electrons. The maximum Gasteiger partial charge on any atom is 0.334 e. The van der Waals surface area contributed by atoms with Gasteiger partial charge in [0.2, 0.25) is 5.79 Å². The number of hydrogen-bond donors (Lipinski definition) is 2. The van der Waals surface area contributed by atoms with Crippen LogP contribution in [0.25, 0.3) is 0 Å². The van der Waals surface area contributed by atoms with Gasteiger partial charge >= 0.3 is 5.97 Å². The summed E-state index contributed by atoms with van der Waals surface area (Å²) in [5, 5.41) is 26.1. The van der Waals surface area contributed by atoms with Gasteiger partial charge in [0.15, 0.2) is 60.5 Å². The van der Waals surface area contributed by atoms with E-state index in [2.05, 4.69) is 176 Å². The monoisotopic (exact) mass is 1710 g/mol. The van der Waals surface area contributed by atoms with Gasteiger partial charge in [-0.3, -0.25) is 0 Å². The molecule has 0 saturated carbocycles. The van der Waals surface area contributed by atoms with Gasteiger partial charge in [0.05, 0.1) is 79.4 Å². The molecule has 4 fully saturated rings. The Kier molecular flexibility index (Phi) is 42.0. The van der Waals surface area contributed by atoms with E-state index in [0.29, 0.717) is 19.3 Å². The van der Waals surface area contributed by atoms with Gasteiger partial charge in [0, 0.05) is 84.6 Å². The Morgan fingerprint density at radius 1 is 0.600 bits per heavy atom. The molecule has 0 spiro atoms. The first-order valence-electron chi connectivity index (χ1n) is 44.7. The molecule has 5 aliphatic rings. The van der Waals surface area contributed by atoms with E-state index in [1.807, 2.05) is 40.7 Å². The highest BCUT2D eigenvalue weighted by Gasteiger charge is 2.62. The van der Waals surface area contributed by atoms with Gasteiger partial charge in [-0.05, 0) is 165 Å². The Morgan fingerprint density at radius 2 is 1.13 bits per heavy atom. The van der Waals surface area contributed by atoms with Gasteiger partial charge < -0.3 is 93.9 Å². The Labute approximate surface area is 704 Å². The summed E-state index contributed by atoms with van der Waals surface area (Å²) in [6.07, 6.45) is 0.872. The maximum absolute atomic E-state index is 15.1. The molecular weight excluding hydrogens is 1550 g/mol. The molecule has 115 heavy (non-hydrogen) atoms. The van der Waals surface area contributed by atoms with Gasteiger partial charge in [-0.25, -0.2) is 4.79 Å². The minimum atomic E-state index is -2.44. The van der Waals surface area contributed by atoms with Crippen molar-refractivity contribution in [3.8, 4) is 0 Å². The number of allylic oxidation sites excluding steroid dienone is 7. The van der Waals surface area contributed by atoms with E-state index in [4.69, 9.17) is 83.7 Å². The number of hydrogen-bond acceptors (Lipinski definition) is 21. The topological polar surface area (TPSA) is 224 Å². The average molecular weight is 1710 g/mol. The zero-order chi connectivity index (χ0) is 86.6. The van der Waals surface area contributed by atoms with Crippen LogP contribution >= 0.6 is 0 Å². The van der Waals surface area contributed by atoms with Crippen molar-refractivity contribution in [1.82, 2.24) is 0 Å². The third-order valence-corrected chi connectivity index (χ3v) is 51.3. The van der Waals surface area contributed by atoms with E-state index in [0.717, 1.165) is 89.2 Å². The second kappa shape index (κ2) is 46.5. The van der Waals surface area contributed by atoms with Crippen molar-refractivity contribution in [3.63, 3.8) is 0 Å². The summed E-state index contributed by atoms with van der Waals surface area (Å²) in [5.74, 6) is -3.66. The summed E-state index contributed by atoms with van der Waals surface area (Å²) in [6.45, 7) is 60.6. The SMILES string of the molecule is CC[Si](CC)(CC)O[C@H]1[C@H](O[Si](CC)(CC)CC)[C@@H](O[C@@H]2/C=C/C(C)=C/CC[C@H](O)[C@@H](OC)C[C@@H]([C@@H](O)[C@]3(OC)O[C@H](C[C@H](COC)O[C@H]4C[C@](C)(O[Si](CC)(CC)CC)[C@@H](O[C@H]5C[C@@H](OC)[C@H](O[Si](C)(C)C(C)(C)C)[C@@H](C)O5)[C@H](C)O4)[C@H](C)[C@H](O[Si](CC)(CC)CC)[C@H]3C)OC(=O)/C(C)=C/C(C)=C/C(C)=C/[C@H]2C)O[C@@H](C)[C@@H]1OC. The zero-order valence-corrected chi connectivity index (χ0v) is 83.3. The Balaban J connectivity index is 1.58. The number of carbonyl (C=O) groups is 1. The molecule has 4 saturated heterocycles. The standard InChI is InChI=1S/C89H168O21Si5/c1-34-112(35-2,36-3)107-78-64(18)72(54-69(58-93-27)101-77-57-88(26,110-115(43-10,44-11)45-12)84(68(22)99-77)104-76-56-74(95-29)79(66(20)98-76)106-111(32,33)87(23,24)25)105-89(97-31,65(78)19)83(91)75-55-73(94-28)70(90)48-46-47-59(13)49-50-71(62(16)52-60(14)51-61(15)53-63(17)85(92)102-75)103-86-82(109-114(40-7,41-8)42-9)81(80(96-30)67(21)100-86)108-113(37-4,38-5)39-6/h47,49-53,62,64-84,86,90-91H,34-46,48,54-58H2,1-33H3/b50-49+,59-47+,60-52+,61-51+,63-53+/t62-,64+,65-,66-,67+,68+,69-,70+,71-,72-,73+,74-,75+,76+,77+,78+,79-,80+,81-,82+,83-,84+,86-,88+,89-/m1/s1. The van der Waals surface area contributed by atoms with Crippen LogP contribution in [0.15, 0.2) is 58.7 Å². The molecule has 0 aromatic heterocycles. The van der Waals surface area contributed by atoms with Crippen molar-refractivity contribution in [2.45, 2.75) is 443 Å². The molecule has 5 aliphatic heterocycles. The highest BCUT2D eigenvalue weighted by molar-refractivity contribution is 6.75. The van der Waals surface area contributed by atoms with Crippen LogP contribution in [-0.4, -0.2) is 234 Å². The predicted octanol–water partition coefficient (Wildman–Crippen LogP) is 19.4. The number of aliphatic hydroxyl groups is 2. The number of methoxy groups -OCH3 is 5. The predicted molar refractivity (Wildman–Crippen MR) is 473 cm³/mol. The third kappa shape index (κ3) is 26.3.